The van der Waals surface area contributed by atoms with Crippen LogP contribution in [0.2, 0.25) is 0 Å². The number of anilines is 1. The third-order valence-corrected chi connectivity index (χ3v) is 5.58. The normalized spacial score (nSPS) is 20.3. The molecular weight excluding hydrogens is 362 g/mol. The number of hydrogen-bond donors (Lipinski definition) is 2. The first-order valence-electron chi connectivity index (χ1n) is 8.33. The molecule has 3 heteroatoms. The molecule has 0 saturated heterocycles. The highest BCUT2D eigenvalue weighted by Gasteiger charge is 2.25. The molecule has 2 atom stereocenters. The summed E-state index contributed by atoms with van der Waals surface area (Å²) >= 11 is 3.68. The molecular formula is C21H20BrNO. The number of aliphatic hydroxyl groups is 1. The molecule has 0 fully saturated rings. The Morgan fingerprint density at radius 2 is 1.75 bits per heavy atom. The Labute approximate surface area is 150 Å². The summed E-state index contributed by atoms with van der Waals surface area (Å²) in [6.45, 7) is 2.13. The lowest BCUT2D eigenvalue weighted by Crippen LogP contribution is -2.17. The molecule has 0 aliphatic carbocycles. The van der Waals surface area contributed by atoms with Gasteiger partial charge in [-0.3, -0.25) is 0 Å². The molecule has 0 amide bonds. The van der Waals surface area contributed by atoms with Crippen LogP contribution in [0.4, 0.5) is 5.69 Å². The number of benzene rings is 3. The van der Waals surface area contributed by atoms with Crippen LogP contribution in [0, 0.1) is 6.92 Å². The summed E-state index contributed by atoms with van der Waals surface area (Å²) in [5.41, 5.74) is 4.84. The minimum Gasteiger partial charge on any atom is -0.393 e. The molecule has 1 aliphatic heterocycles. The van der Waals surface area contributed by atoms with Gasteiger partial charge in [0.1, 0.15) is 0 Å². The molecule has 0 unspecified atom stereocenters. The predicted molar refractivity (Wildman–Crippen MR) is 104 cm³/mol. The van der Waals surface area contributed by atoms with Crippen LogP contribution in [0.5, 0.6) is 0 Å². The standard InChI is InChI=1S/C21H20BrNO/c1-13-6-2-3-7-16(13)20-12-15(24)10-14-11-19(22)17-8-4-5-9-18(17)21(14)23-20/h2-9,11,15,20,23-24H,10,12H2,1H3/t15-,20+/m0/s1. The second kappa shape index (κ2) is 6.23. The fourth-order valence-electron chi connectivity index (χ4n) is 3.74. The maximum atomic E-state index is 10.6. The van der Waals surface area contributed by atoms with Crippen molar-refractivity contribution in [2.45, 2.75) is 31.9 Å². The van der Waals surface area contributed by atoms with Gasteiger partial charge in [0, 0.05) is 22.0 Å². The van der Waals surface area contributed by atoms with E-state index < -0.39 is 0 Å². The highest BCUT2D eigenvalue weighted by Crippen LogP contribution is 2.40. The van der Waals surface area contributed by atoms with Gasteiger partial charge in [-0.15, -0.1) is 0 Å². The summed E-state index contributed by atoms with van der Waals surface area (Å²) < 4.78 is 1.08. The highest BCUT2D eigenvalue weighted by molar-refractivity contribution is 9.10. The van der Waals surface area contributed by atoms with Crippen LogP contribution in [0.3, 0.4) is 0 Å². The van der Waals surface area contributed by atoms with Crippen molar-refractivity contribution in [2.75, 3.05) is 5.32 Å². The summed E-state index contributed by atoms with van der Waals surface area (Å²) in [5.74, 6) is 0. The Hall–Kier alpha value is -1.84. The van der Waals surface area contributed by atoms with Gasteiger partial charge >= 0.3 is 0 Å². The molecule has 0 saturated carbocycles. The Morgan fingerprint density at radius 3 is 2.54 bits per heavy atom. The monoisotopic (exact) mass is 381 g/mol. The van der Waals surface area contributed by atoms with Crippen molar-refractivity contribution < 1.29 is 5.11 Å². The zero-order valence-corrected chi connectivity index (χ0v) is 15.2. The van der Waals surface area contributed by atoms with Crippen LogP contribution in [0.15, 0.2) is 59.1 Å². The minimum absolute atomic E-state index is 0.118. The van der Waals surface area contributed by atoms with Gasteiger partial charge in [0.15, 0.2) is 0 Å². The zero-order valence-electron chi connectivity index (χ0n) is 13.6. The summed E-state index contributed by atoms with van der Waals surface area (Å²) in [5, 5.41) is 16.7. The number of fused-ring (bicyclic) bond motifs is 3. The van der Waals surface area contributed by atoms with Gasteiger partial charge in [-0.2, -0.15) is 0 Å². The summed E-state index contributed by atoms with van der Waals surface area (Å²) in [6, 6.07) is 19.1. The van der Waals surface area contributed by atoms with E-state index in [0.717, 1.165) is 10.2 Å². The zero-order chi connectivity index (χ0) is 16.7. The van der Waals surface area contributed by atoms with E-state index in [4.69, 9.17) is 0 Å². The number of nitrogens with one attached hydrogen (secondary N) is 1. The predicted octanol–water partition coefficient (Wildman–Crippen LogP) is 5.37. The van der Waals surface area contributed by atoms with E-state index in [2.05, 4.69) is 82.8 Å². The van der Waals surface area contributed by atoms with E-state index in [0.29, 0.717) is 12.8 Å². The minimum atomic E-state index is -0.351. The first-order chi connectivity index (χ1) is 11.6. The van der Waals surface area contributed by atoms with Gasteiger partial charge in [0.25, 0.3) is 0 Å². The van der Waals surface area contributed by atoms with Crippen LogP contribution in [0.25, 0.3) is 10.8 Å². The molecule has 122 valence electrons. The molecule has 24 heavy (non-hydrogen) atoms. The van der Waals surface area contributed by atoms with Crippen molar-refractivity contribution in [3.05, 3.63) is 75.8 Å². The van der Waals surface area contributed by atoms with Crippen LogP contribution in [-0.4, -0.2) is 11.2 Å². The van der Waals surface area contributed by atoms with Crippen LogP contribution < -0.4 is 5.32 Å². The smallest absolute Gasteiger partial charge is 0.0604 e. The molecule has 0 radical (unpaired) electrons. The van der Waals surface area contributed by atoms with Gasteiger partial charge in [-0.25, -0.2) is 0 Å². The number of hydrogen-bond acceptors (Lipinski definition) is 2. The SMILES string of the molecule is Cc1ccccc1[C@H]1C[C@@H](O)Cc2cc(Br)c3ccccc3c2N1. The Bertz CT molecular complexity index is 905. The van der Waals surface area contributed by atoms with Gasteiger partial charge in [-0.1, -0.05) is 64.5 Å². The largest absolute Gasteiger partial charge is 0.393 e. The van der Waals surface area contributed by atoms with E-state index in [1.165, 1.54) is 27.5 Å². The molecule has 1 heterocycles. The van der Waals surface area contributed by atoms with E-state index >= 15 is 0 Å². The Balaban J connectivity index is 1.88. The third-order valence-electron chi connectivity index (χ3n) is 4.92. The fourth-order valence-corrected chi connectivity index (χ4v) is 4.36. The maximum Gasteiger partial charge on any atom is 0.0604 e. The first kappa shape index (κ1) is 15.7. The Kier molecular flexibility index (Phi) is 4.07. The molecule has 3 aromatic carbocycles. The second-order valence-electron chi connectivity index (χ2n) is 6.59. The molecule has 2 N–H and O–H groups in total. The van der Waals surface area contributed by atoms with Crippen LogP contribution in [0.1, 0.15) is 29.2 Å². The third kappa shape index (κ3) is 2.72. The van der Waals surface area contributed by atoms with Crippen molar-refractivity contribution in [3.8, 4) is 0 Å². The van der Waals surface area contributed by atoms with Gasteiger partial charge in [0.05, 0.1) is 12.1 Å². The van der Waals surface area contributed by atoms with Gasteiger partial charge in [0.2, 0.25) is 0 Å². The molecule has 2 nitrogen and oxygen atoms in total. The Morgan fingerprint density at radius 1 is 1.04 bits per heavy atom. The lowest BCUT2D eigenvalue weighted by molar-refractivity contribution is 0.161. The average Bonchev–Trinajstić information content (AvgIpc) is 2.74. The first-order valence-corrected chi connectivity index (χ1v) is 9.13. The number of aliphatic hydroxyl groups excluding tert-OH is 1. The second-order valence-corrected chi connectivity index (χ2v) is 7.44. The molecule has 3 aromatic rings. The fraction of sp³-hybridized carbons (Fsp3) is 0.238. The van der Waals surface area contributed by atoms with Crippen LogP contribution in [-0.2, 0) is 6.42 Å². The van der Waals surface area contributed by atoms with Crippen molar-refractivity contribution in [2.24, 2.45) is 0 Å². The molecule has 0 aromatic heterocycles. The maximum absolute atomic E-state index is 10.6. The lowest BCUT2D eigenvalue weighted by Gasteiger charge is -2.22. The molecule has 4 rings (SSSR count). The van der Waals surface area contributed by atoms with E-state index in [-0.39, 0.29) is 12.1 Å². The molecule has 0 spiro atoms. The van der Waals surface area contributed by atoms with Crippen molar-refractivity contribution >= 4 is 32.4 Å². The van der Waals surface area contributed by atoms with E-state index in [1.54, 1.807) is 0 Å². The van der Waals surface area contributed by atoms with Crippen molar-refractivity contribution in [3.63, 3.8) is 0 Å². The highest BCUT2D eigenvalue weighted by atomic mass is 79.9. The van der Waals surface area contributed by atoms with Crippen LogP contribution >= 0.6 is 15.9 Å². The molecule has 0 bridgehead atoms. The van der Waals surface area contributed by atoms with Crippen molar-refractivity contribution in [1.82, 2.24) is 0 Å². The number of rotatable bonds is 1. The van der Waals surface area contributed by atoms with E-state index in [1.807, 2.05) is 0 Å². The summed E-state index contributed by atoms with van der Waals surface area (Å²) in [4.78, 5) is 0. The number of aryl methyl sites for hydroxylation is 1. The van der Waals surface area contributed by atoms with Crippen molar-refractivity contribution in [1.29, 1.82) is 0 Å². The topological polar surface area (TPSA) is 32.3 Å². The van der Waals surface area contributed by atoms with Gasteiger partial charge < -0.3 is 10.4 Å². The quantitative estimate of drug-likeness (QED) is 0.593. The number of halogens is 1. The molecule has 1 aliphatic rings. The van der Waals surface area contributed by atoms with E-state index in [9.17, 15) is 5.11 Å². The lowest BCUT2D eigenvalue weighted by atomic mass is 9.96. The summed E-state index contributed by atoms with van der Waals surface area (Å²) in [6.07, 6.45) is 1.04. The van der Waals surface area contributed by atoms with Gasteiger partial charge in [-0.05, 0) is 41.5 Å². The average molecular weight is 382 g/mol. The summed E-state index contributed by atoms with van der Waals surface area (Å²) in [7, 11) is 0.